The van der Waals surface area contributed by atoms with Gasteiger partial charge in [-0.1, -0.05) is 23.7 Å². The van der Waals surface area contributed by atoms with Crippen LogP contribution in [-0.4, -0.2) is 22.0 Å². The second-order valence-electron chi connectivity index (χ2n) is 5.90. The van der Waals surface area contributed by atoms with Crippen LogP contribution in [-0.2, 0) is 7.05 Å². The number of hydrogen-bond donors (Lipinski definition) is 1. The molecule has 0 spiro atoms. The summed E-state index contributed by atoms with van der Waals surface area (Å²) in [6, 6.07) is 8.70. The van der Waals surface area contributed by atoms with E-state index in [2.05, 4.69) is 5.10 Å². The maximum atomic E-state index is 14.3. The lowest BCUT2D eigenvalue weighted by molar-refractivity contribution is 0.220. The third kappa shape index (κ3) is 3.06. The van der Waals surface area contributed by atoms with E-state index in [1.54, 1.807) is 32.2 Å². The van der Waals surface area contributed by atoms with Crippen molar-refractivity contribution in [2.24, 2.45) is 7.05 Å². The number of ether oxygens (including phenoxy) is 1. The van der Waals surface area contributed by atoms with Crippen LogP contribution in [0.1, 0.15) is 22.8 Å². The first kappa shape index (κ1) is 18.4. The van der Waals surface area contributed by atoms with Crippen molar-refractivity contribution in [2.45, 2.75) is 13.0 Å². The van der Waals surface area contributed by atoms with E-state index in [4.69, 9.17) is 16.3 Å². The van der Waals surface area contributed by atoms with E-state index in [1.807, 2.05) is 0 Å². The molecule has 1 N–H and O–H groups in total. The lowest BCUT2D eigenvalue weighted by Crippen LogP contribution is -2.06. The molecule has 3 aromatic rings. The number of aryl methyl sites for hydroxylation is 2. The fourth-order valence-electron chi connectivity index (χ4n) is 3.01. The highest BCUT2D eigenvalue weighted by molar-refractivity contribution is 6.30. The van der Waals surface area contributed by atoms with Gasteiger partial charge in [0.25, 0.3) is 0 Å². The molecule has 136 valence electrons. The largest absolute Gasteiger partial charge is 0.497 e. The van der Waals surface area contributed by atoms with Gasteiger partial charge in [0.05, 0.1) is 23.9 Å². The molecule has 2 aromatic carbocycles. The number of aliphatic hydroxyl groups is 1. The van der Waals surface area contributed by atoms with Crippen LogP contribution in [0.4, 0.5) is 8.78 Å². The molecule has 0 amide bonds. The summed E-state index contributed by atoms with van der Waals surface area (Å²) in [6.07, 6.45) is -1.21. The molecule has 0 aliphatic heterocycles. The summed E-state index contributed by atoms with van der Waals surface area (Å²) in [5, 5.41) is 15.0. The topological polar surface area (TPSA) is 47.3 Å². The number of methoxy groups -OCH3 is 1. The number of aliphatic hydroxyl groups excluding tert-OH is 1. The van der Waals surface area contributed by atoms with Crippen LogP contribution >= 0.6 is 11.6 Å². The predicted molar refractivity (Wildman–Crippen MR) is 95.4 cm³/mol. The van der Waals surface area contributed by atoms with Crippen LogP contribution in [0, 0.1) is 18.6 Å². The molecular formula is C19H17ClF2N2O2. The van der Waals surface area contributed by atoms with Crippen LogP contribution in [0.2, 0.25) is 5.15 Å². The summed E-state index contributed by atoms with van der Waals surface area (Å²) in [5.41, 5.74) is 1.24. The fourth-order valence-corrected chi connectivity index (χ4v) is 3.31. The summed E-state index contributed by atoms with van der Waals surface area (Å²) >= 11 is 6.20. The summed E-state index contributed by atoms with van der Waals surface area (Å²) in [7, 11) is 3.06. The molecule has 4 nitrogen and oxygen atoms in total. The lowest BCUT2D eigenvalue weighted by Gasteiger charge is -2.17. The number of nitrogens with zero attached hydrogens (tertiary/aromatic N) is 2. The number of rotatable bonds is 4. The first-order valence-electron chi connectivity index (χ1n) is 7.84. The van der Waals surface area contributed by atoms with Gasteiger partial charge < -0.3 is 9.84 Å². The Hall–Kier alpha value is -2.44. The monoisotopic (exact) mass is 378 g/mol. The SMILES string of the molecule is COc1ccc(C(O)c2c(Cl)nn(C)c2-c2c(F)cccc2F)c(C)c1. The maximum absolute atomic E-state index is 14.3. The zero-order chi connectivity index (χ0) is 19.0. The van der Waals surface area contributed by atoms with Gasteiger partial charge in [0.1, 0.15) is 23.5 Å². The van der Waals surface area contributed by atoms with Gasteiger partial charge >= 0.3 is 0 Å². The molecule has 1 atom stereocenters. The van der Waals surface area contributed by atoms with Crippen molar-refractivity contribution < 1.29 is 18.6 Å². The van der Waals surface area contributed by atoms with Gasteiger partial charge in [-0.2, -0.15) is 5.10 Å². The summed E-state index contributed by atoms with van der Waals surface area (Å²) in [4.78, 5) is 0. The zero-order valence-corrected chi connectivity index (χ0v) is 15.2. The first-order valence-corrected chi connectivity index (χ1v) is 8.22. The second-order valence-corrected chi connectivity index (χ2v) is 6.26. The molecule has 0 aliphatic carbocycles. The van der Waals surface area contributed by atoms with Crippen LogP contribution in [0.25, 0.3) is 11.3 Å². The fraction of sp³-hybridized carbons (Fsp3) is 0.211. The Morgan fingerprint density at radius 3 is 2.42 bits per heavy atom. The molecular weight excluding hydrogens is 362 g/mol. The minimum absolute atomic E-state index is 0.0205. The third-order valence-electron chi connectivity index (χ3n) is 4.28. The van der Waals surface area contributed by atoms with E-state index >= 15 is 0 Å². The van der Waals surface area contributed by atoms with Gasteiger partial charge in [-0.3, -0.25) is 4.68 Å². The molecule has 26 heavy (non-hydrogen) atoms. The molecule has 0 fully saturated rings. The molecule has 1 unspecified atom stereocenters. The van der Waals surface area contributed by atoms with Gasteiger partial charge in [0.2, 0.25) is 0 Å². The molecule has 1 aromatic heterocycles. The van der Waals surface area contributed by atoms with Gasteiger partial charge in [0.15, 0.2) is 5.15 Å². The highest BCUT2D eigenvalue weighted by Crippen LogP contribution is 2.39. The van der Waals surface area contributed by atoms with Crippen molar-refractivity contribution in [2.75, 3.05) is 7.11 Å². The molecule has 7 heteroatoms. The Morgan fingerprint density at radius 1 is 1.19 bits per heavy atom. The molecule has 0 saturated carbocycles. The van der Waals surface area contributed by atoms with Gasteiger partial charge in [-0.05, 0) is 42.3 Å². The minimum atomic E-state index is -1.21. The van der Waals surface area contributed by atoms with Crippen LogP contribution in [0.15, 0.2) is 36.4 Å². The number of aromatic nitrogens is 2. The lowest BCUT2D eigenvalue weighted by atomic mass is 9.95. The van der Waals surface area contributed by atoms with E-state index in [9.17, 15) is 13.9 Å². The summed E-state index contributed by atoms with van der Waals surface area (Å²) in [6.45, 7) is 1.80. The Morgan fingerprint density at radius 2 is 1.85 bits per heavy atom. The summed E-state index contributed by atoms with van der Waals surface area (Å²) < 4.78 is 35.1. The van der Waals surface area contributed by atoms with E-state index < -0.39 is 17.7 Å². The second kappa shape index (κ2) is 7.05. The van der Waals surface area contributed by atoms with Crippen molar-refractivity contribution >= 4 is 11.6 Å². The summed E-state index contributed by atoms with van der Waals surface area (Å²) in [5.74, 6) is -0.884. The van der Waals surface area contributed by atoms with Gasteiger partial charge in [0, 0.05) is 7.05 Å². The van der Waals surface area contributed by atoms with Crippen molar-refractivity contribution in [3.63, 3.8) is 0 Å². The zero-order valence-electron chi connectivity index (χ0n) is 14.4. The van der Waals surface area contributed by atoms with E-state index in [0.29, 0.717) is 11.3 Å². The van der Waals surface area contributed by atoms with E-state index in [0.717, 1.165) is 17.7 Å². The minimum Gasteiger partial charge on any atom is -0.497 e. The Kier molecular flexibility index (Phi) is 4.98. The maximum Gasteiger partial charge on any atom is 0.157 e. The molecule has 0 aliphatic rings. The average Bonchev–Trinajstić information content (AvgIpc) is 2.88. The van der Waals surface area contributed by atoms with Crippen molar-refractivity contribution in [1.29, 1.82) is 0 Å². The Bertz CT molecular complexity index is 952. The number of hydrogen-bond acceptors (Lipinski definition) is 3. The highest BCUT2D eigenvalue weighted by atomic mass is 35.5. The van der Waals surface area contributed by atoms with E-state index in [1.165, 1.54) is 17.8 Å². The van der Waals surface area contributed by atoms with Crippen LogP contribution in [0.3, 0.4) is 0 Å². The van der Waals surface area contributed by atoms with Crippen molar-refractivity contribution in [3.05, 3.63) is 69.9 Å². The normalized spacial score (nSPS) is 12.3. The number of halogens is 3. The number of benzene rings is 2. The van der Waals surface area contributed by atoms with Crippen molar-refractivity contribution in [1.82, 2.24) is 9.78 Å². The first-order chi connectivity index (χ1) is 12.3. The quantitative estimate of drug-likeness (QED) is 0.731. The van der Waals surface area contributed by atoms with Gasteiger partial charge in [-0.25, -0.2) is 8.78 Å². The van der Waals surface area contributed by atoms with E-state index in [-0.39, 0.29) is 22.0 Å². The van der Waals surface area contributed by atoms with Crippen LogP contribution in [0.5, 0.6) is 5.75 Å². The van der Waals surface area contributed by atoms with Crippen LogP contribution < -0.4 is 4.74 Å². The molecule has 0 radical (unpaired) electrons. The molecule has 0 saturated heterocycles. The Balaban J connectivity index is 2.21. The molecule has 0 bridgehead atoms. The highest BCUT2D eigenvalue weighted by Gasteiger charge is 2.28. The third-order valence-corrected chi connectivity index (χ3v) is 4.56. The molecule has 3 rings (SSSR count). The smallest absolute Gasteiger partial charge is 0.157 e. The average molecular weight is 379 g/mol. The predicted octanol–water partition coefficient (Wildman–Crippen LogP) is 4.42. The standard InChI is InChI=1S/C19H17ClF2N2O2/c1-10-9-11(26-3)7-8-12(10)18(25)16-17(24(2)23-19(16)20)15-13(21)5-4-6-14(15)22/h4-9,18,25H,1-3H3. The molecule has 1 heterocycles. The van der Waals surface area contributed by atoms with Crippen molar-refractivity contribution in [3.8, 4) is 17.0 Å². The van der Waals surface area contributed by atoms with Gasteiger partial charge in [-0.15, -0.1) is 0 Å². The Labute approximate surface area is 154 Å².